The minimum atomic E-state index is -0.192. The van der Waals surface area contributed by atoms with Crippen LogP contribution in [0.5, 0.6) is 0 Å². The minimum Gasteiger partial charge on any atom is -0.322 e. The summed E-state index contributed by atoms with van der Waals surface area (Å²) in [4.78, 5) is 16.4. The Hall–Kier alpha value is -1.82. The van der Waals surface area contributed by atoms with Crippen LogP contribution < -0.4 is 5.32 Å². The zero-order valence-corrected chi connectivity index (χ0v) is 15.7. The van der Waals surface area contributed by atoms with Crippen molar-refractivity contribution in [3.63, 3.8) is 0 Å². The number of carbonyl (C=O) groups is 1. The number of halogens is 3. The molecule has 1 N–H and O–H groups in total. The van der Waals surface area contributed by atoms with E-state index in [0.717, 1.165) is 25.2 Å². The van der Waals surface area contributed by atoms with Gasteiger partial charge in [0, 0.05) is 37.7 Å². The minimum absolute atomic E-state index is 0.163. The van der Waals surface area contributed by atoms with Gasteiger partial charge in [0.2, 0.25) is 0 Å². The molecular formula is C19H20Cl2FN3O. The van der Waals surface area contributed by atoms with E-state index >= 15 is 0 Å². The lowest BCUT2D eigenvalue weighted by atomic mass is 10.1. The zero-order valence-electron chi connectivity index (χ0n) is 14.2. The molecule has 1 heterocycles. The summed E-state index contributed by atoms with van der Waals surface area (Å²) in [7, 11) is 0. The molecular weight excluding hydrogens is 376 g/mol. The van der Waals surface area contributed by atoms with E-state index in [4.69, 9.17) is 23.2 Å². The van der Waals surface area contributed by atoms with Gasteiger partial charge in [0.05, 0.1) is 10.7 Å². The number of benzene rings is 2. The van der Waals surface area contributed by atoms with Crippen LogP contribution in [0.25, 0.3) is 0 Å². The molecule has 3 rings (SSSR count). The number of hydrogen-bond acceptors (Lipinski definition) is 2. The van der Waals surface area contributed by atoms with E-state index in [1.54, 1.807) is 29.2 Å². The average Bonchev–Trinajstić information content (AvgIpc) is 2.64. The molecule has 26 heavy (non-hydrogen) atoms. The average molecular weight is 396 g/mol. The van der Waals surface area contributed by atoms with Gasteiger partial charge in [-0.15, -0.1) is 0 Å². The van der Waals surface area contributed by atoms with Crippen molar-refractivity contribution < 1.29 is 9.18 Å². The third kappa shape index (κ3) is 4.87. The Morgan fingerprint density at radius 3 is 2.54 bits per heavy atom. The van der Waals surface area contributed by atoms with Gasteiger partial charge in [-0.1, -0.05) is 41.4 Å². The number of urea groups is 1. The molecule has 1 fully saturated rings. The van der Waals surface area contributed by atoms with Crippen molar-refractivity contribution in [2.45, 2.75) is 6.42 Å². The van der Waals surface area contributed by atoms with Crippen LogP contribution in [0.4, 0.5) is 14.9 Å². The van der Waals surface area contributed by atoms with Gasteiger partial charge in [-0.3, -0.25) is 4.90 Å². The molecule has 0 atom stereocenters. The summed E-state index contributed by atoms with van der Waals surface area (Å²) < 4.78 is 13.7. The van der Waals surface area contributed by atoms with E-state index in [1.165, 1.54) is 6.07 Å². The molecule has 7 heteroatoms. The Labute approximate surface area is 162 Å². The molecule has 2 amide bonds. The van der Waals surface area contributed by atoms with E-state index in [9.17, 15) is 9.18 Å². The van der Waals surface area contributed by atoms with Gasteiger partial charge >= 0.3 is 6.03 Å². The molecule has 0 aliphatic carbocycles. The van der Waals surface area contributed by atoms with Crippen LogP contribution in [0.3, 0.4) is 0 Å². The van der Waals surface area contributed by atoms with Crippen LogP contribution in [0.2, 0.25) is 10.0 Å². The Morgan fingerprint density at radius 1 is 1.08 bits per heavy atom. The molecule has 0 unspecified atom stereocenters. The Bertz CT molecular complexity index is 779. The lowest BCUT2D eigenvalue weighted by Gasteiger charge is -2.34. The number of piperazine rings is 1. The standard InChI is InChI=1S/C19H20Cl2FN3O/c20-15-5-6-16(21)18(13-15)23-19(26)25-11-9-24(10-12-25)8-7-14-3-1-2-4-17(14)22/h1-6,13H,7-12H2,(H,23,26). The molecule has 1 aliphatic heterocycles. The van der Waals surface area contributed by atoms with E-state index in [0.29, 0.717) is 35.2 Å². The fraction of sp³-hybridized carbons (Fsp3) is 0.316. The van der Waals surface area contributed by atoms with Crippen LogP contribution >= 0.6 is 23.2 Å². The smallest absolute Gasteiger partial charge is 0.321 e. The van der Waals surface area contributed by atoms with Crippen molar-refractivity contribution in [3.8, 4) is 0 Å². The van der Waals surface area contributed by atoms with Crippen molar-refractivity contribution in [3.05, 3.63) is 63.9 Å². The van der Waals surface area contributed by atoms with Crippen LogP contribution in [-0.2, 0) is 6.42 Å². The van der Waals surface area contributed by atoms with E-state index in [1.807, 2.05) is 12.1 Å². The second-order valence-corrected chi connectivity index (χ2v) is 7.07. The van der Waals surface area contributed by atoms with Crippen molar-refractivity contribution in [1.29, 1.82) is 0 Å². The number of rotatable bonds is 4. The van der Waals surface area contributed by atoms with Crippen LogP contribution in [0.1, 0.15) is 5.56 Å². The van der Waals surface area contributed by atoms with Gasteiger partial charge in [0.15, 0.2) is 0 Å². The number of carbonyl (C=O) groups excluding carboxylic acids is 1. The molecule has 0 aromatic heterocycles. The molecule has 0 saturated carbocycles. The van der Waals surface area contributed by atoms with Gasteiger partial charge in [-0.2, -0.15) is 0 Å². The van der Waals surface area contributed by atoms with Crippen molar-refractivity contribution in [2.24, 2.45) is 0 Å². The van der Waals surface area contributed by atoms with Gasteiger partial charge in [0.25, 0.3) is 0 Å². The Kier molecular flexibility index (Phi) is 6.35. The summed E-state index contributed by atoms with van der Waals surface area (Å²) in [5.41, 5.74) is 1.23. The normalized spacial score (nSPS) is 15.1. The maximum Gasteiger partial charge on any atom is 0.321 e. The summed E-state index contributed by atoms with van der Waals surface area (Å²) in [6.07, 6.45) is 0.664. The molecule has 138 valence electrons. The SMILES string of the molecule is O=C(Nc1cc(Cl)ccc1Cl)N1CCN(CCc2ccccc2F)CC1. The summed E-state index contributed by atoms with van der Waals surface area (Å²) in [6, 6.07) is 11.6. The molecule has 1 aliphatic rings. The van der Waals surface area contributed by atoms with Gasteiger partial charge < -0.3 is 10.2 Å². The Balaban J connectivity index is 1.48. The predicted molar refractivity (Wildman–Crippen MR) is 104 cm³/mol. The summed E-state index contributed by atoms with van der Waals surface area (Å²) in [6.45, 7) is 3.51. The molecule has 0 radical (unpaired) electrons. The second-order valence-electron chi connectivity index (χ2n) is 6.22. The number of hydrogen-bond donors (Lipinski definition) is 1. The first-order valence-electron chi connectivity index (χ1n) is 8.49. The predicted octanol–water partition coefficient (Wildman–Crippen LogP) is 4.52. The molecule has 0 bridgehead atoms. The first-order chi connectivity index (χ1) is 12.5. The van der Waals surface area contributed by atoms with Crippen LogP contribution in [-0.4, -0.2) is 48.6 Å². The quantitative estimate of drug-likeness (QED) is 0.825. The molecule has 2 aromatic carbocycles. The van der Waals surface area contributed by atoms with Crippen molar-refractivity contribution in [1.82, 2.24) is 9.80 Å². The van der Waals surface area contributed by atoms with Gasteiger partial charge in [0.1, 0.15) is 5.82 Å². The highest BCUT2D eigenvalue weighted by molar-refractivity contribution is 6.35. The number of nitrogens with one attached hydrogen (secondary N) is 1. The van der Waals surface area contributed by atoms with E-state index in [-0.39, 0.29) is 11.8 Å². The number of amides is 2. The highest BCUT2D eigenvalue weighted by Gasteiger charge is 2.21. The maximum absolute atomic E-state index is 13.7. The summed E-state index contributed by atoms with van der Waals surface area (Å²) in [5, 5.41) is 3.77. The largest absolute Gasteiger partial charge is 0.322 e. The van der Waals surface area contributed by atoms with E-state index in [2.05, 4.69) is 10.2 Å². The topological polar surface area (TPSA) is 35.6 Å². The van der Waals surface area contributed by atoms with Crippen LogP contribution in [0, 0.1) is 5.82 Å². The fourth-order valence-corrected chi connectivity index (χ4v) is 3.28. The van der Waals surface area contributed by atoms with Gasteiger partial charge in [-0.25, -0.2) is 9.18 Å². The first-order valence-corrected chi connectivity index (χ1v) is 9.25. The highest BCUT2D eigenvalue weighted by Crippen LogP contribution is 2.25. The molecule has 4 nitrogen and oxygen atoms in total. The first kappa shape index (κ1) is 19.0. The maximum atomic E-state index is 13.7. The zero-order chi connectivity index (χ0) is 18.5. The van der Waals surface area contributed by atoms with Gasteiger partial charge in [-0.05, 0) is 36.2 Å². The summed E-state index contributed by atoms with van der Waals surface area (Å²) in [5.74, 6) is -0.163. The lowest BCUT2D eigenvalue weighted by molar-refractivity contribution is 0.148. The molecule has 2 aromatic rings. The number of anilines is 1. The van der Waals surface area contributed by atoms with E-state index < -0.39 is 0 Å². The third-order valence-electron chi connectivity index (χ3n) is 4.48. The third-order valence-corrected chi connectivity index (χ3v) is 5.05. The van der Waals surface area contributed by atoms with Crippen molar-refractivity contribution in [2.75, 3.05) is 38.0 Å². The highest BCUT2D eigenvalue weighted by atomic mass is 35.5. The number of nitrogens with zero attached hydrogens (tertiary/aromatic N) is 2. The Morgan fingerprint density at radius 2 is 1.81 bits per heavy atom. The summed E-state index contributed by atoms with van der Waals surface area (Å²) >= 11 is 12.0. The van der Waals surface area contributed by atoms with Crippen molar-refractivity contribution >= 4 is 34.9 Å². The second kappa shape index (κ2) is 8.71. The lowest BCUT2D eigenvalue weighted by Crippen LogP contribution is -2.50. The molecule has 0 spiro atoms. The van der Waals surface area contributed by atoms with Crippen LogP contribution in [0.15, 0.2) is 42.5 Å². The molecule has 1 saturated heterocycles. The fourth-order valence-electron chi connectivity index (χ4n) is 2.94. The monoisotopic (exact) mass is 395 g/mol.